The molecule has 0 aliphatic carbocycles. The molecule has 1 heterocycles. The molecule has 3 heteroatoms. The second kappa shape index (κ2) is 4.09. The number of rotatable bonds is 4. The highest BCUT2D eigenvalue weighted by Crippen LogP contribution is 2.20. The maximum Gasteiger partial charge on any atom is 0.228 e. The molecule has 0 bridgehead atoms. The maximum absolute atomic E-state index is 11.6. The minimum absolute atomic E-state index is 0.142. The summed E-state index contributed by atoms with van der Waals surface area (Å²) in [6.07, 6.45) is 1.06. The van der Waals surface area contributed by atoms with Crippen LogP contribution >= 0.6 is 0 Å². The van der Waals surface area contributed by atoms with Crippen molar-refractivity contribution >= 4 is 5.91 Å². The molecule has 13 heavy (non-hydrogen) atoms. The molecule has 0 aromatic rings. The van der Waals surface area contributed by atoms with E-state index in [1.807, 2.05) is 6.92 Å². The average molecular weight is 184 g/mol. The van der Waals surface area contributed by atoms with Crippen molar-refractivity contribution in [3.63, 3.8) is 0 Å². The fourth-order valence-corrected chi connectivity index (χ4v) is 1.35. The van der Waals surface area contributed by atoms with Gasteiger partial charge in [-0.25, -0.2) is 0 Å². The molecule has 0 saturated carbocycles. The zero-order valence-corrected chi connectivity index (χ0v) is 8.81. The smallest absolute Gasteiger partial charge is 0.228 e. The number of nitrogens with one attached hydrogen (secondary N) is 2. The van der Waals surface area contributed by atoms with Crippen molar-refractivity contribution in [2.45, 2.75) is 27.2 Å². The van der Waals surface area contributed by atoms with Crippen LogP contribution in [0.4, 0.5) is 0 Å². The van der Waals surface area contributed by atoms with Crippen LogP contribution in [0.1, 0.15) is 27.2 Å². The lowest BCUT2D eigenvalue weighted by Gasteiger charge is -2.37. The number of hydrogen-bond donors (Lipinski definition) is 2. The summed E-state index contributed by atoms with van der Waals surface area (Å²) in [7, 11) is 0. The van der Waals surface area contributed by atoms with Crippen LogP contribution in [-0.4, -0.2) is 25.5 Å². The number of amides is 1. The minimum Gasteiger partial charge on any atom is -0.356 e. The molecule has 1 rings (SSSR count). The summed E-state index contributed by atoms with van der Waals surface area (Å²) in [5.41, 5.74) is -0.142. The molecule has 3 nitrogen and oxygen atoms in total. The maximum atomic E-state index is 11.6. The Balaban J connectivity index is 2.18. The van der Waals surface area contributed by atoms with Gasteiger partial charge in [0.2, 0.25) is 5.91 Å². The van der Waals surface area contributed by atoms with Gasteiger partial charge in [-0.3, -0.25) is 4.79 Å². The standard InChI is InChI=1S/C10H20N2O/c1-8(2)4-5-12-9(13)10(3)6-11-7-10/h8,11H,4-7H2,1-3H3,(H,12,13). The fraction of sp³-hybridized carbons (Fsp3) is 0.900. The summed E-state index contributed by atoms with van der Waals surface area (Å²) in [5, 5.41) is 6.10. The van der Waals surface area contributed by atoms with Crippen molar-refractivity contribution in [1.82, 2.24) is 10.6 Å². The first-order chi connectivity index (χ1) is 6.04. The number of carbonyl (C=O) groups is 1. The van der Waals surface area contributed by atoms with E-state index in [0.717, 1.165) is 26.1 Å². The summed E-state index contributed by atoms with van der Waals surface area (Å²) in [6.45, 7) is 8.79. The molecule has 2 N–H and O–H groups in total. The van der Waals surface area contributed by atoms with Crippen molar-refractivity contribution in [1.29, 1.82) is 0 Å². The second-order valence-electron chi connectivity index (χ2n) is 4.60. The van der Waals surface area contributed by atoms with E-state index in [1.54, 1.807) is 0 Å². The first-order valence-corrected chi connectivity index (χ1v) is 5.03. The van der Waals surface area contributed by atoms with Gasteiger partial charge in [0.05, 0.1) is 5.41 Å². The van der Waals surface area contributed by atoms with Gasteiger partial charge in [0, 0.05) is 19.6 Å². The average Bonchev–Trinajstić information content (AvgIpc) is 1.99. The first-order valence-electron chi connectivity index (χ1n) is 5.03. The van der Waals surface area contributed by atoms with Crippen LogP contribution in [0.15, 0.2) is 0 Å². The molecule has 76 valence electrons. The van der Waals surface area contributed by atoms with Crippen LogP contribution in [0, 0.1) is 11.3 Å². The molecule has 1 aliphatic heterocycles. The molecule has 1 saturated heterocycles. The first kappa shape index (κ1) is 10.5. The summed E-state index contributed by atoms with van der Waals surface area (Å²) in [4.78, 5) is 11.6. The molecule has 0 atom stereocenters. The van der Waals surface area contributed by atoms with E-state index < -0.39 is 0 Å². The Morgan fingerprint density at radius 3 is 2.54 bits per heavy atom. The van der Waals surface area contributed by atoms with Crippen LogP contribution in [0.3, 0.4) is 0 Å². The third-order valence-corrected chi connectivity index (χ3v) is 2.59. The lowest BCUT2D eigenvalue weighted by Crippen LogP contribution is -2.59. The van der Waals surface area contributed by atoms with Gasteiger partial charge in [0.1, 0.15) is 0 Å². The van der Waals surface area contributed by atoms with Crippen molar-refractivity contribution in [2.24, 2.45) is 11.3 Å². The number of carbonyl (C=O) groups excluding carboxylic acids is 1. The zero-order valence-electron chi connectivity index (χ0n) is 8.81. The monoisotopic (exact) mass is 184 g/mol. The highest BCUT2D eigenvalue weighted by molar-refractivity contribution is 5.83. The fourth-order valence-electron chi connectivity index (χ4n) is 1.35. The molecular weight excluding hydrogens is 164 g/mol. The topological polar surface area (TPSA) is 41.1 Å². The SMILES string of the molecule is CC(C)CCNC(=O)C1(C)CNC1. The third kappa shape index (κ3) is 2.69. The van der Waals surface area contributed by atoms with Crippen LogP contribution in [0.2, 0.25) is 0 Å². The zero-order chi connectivity index (χ0) is 9.90. The lowest BCUT2D eigenvalue weighted by atomic mass is 9.83. The predicted octanol–water partition coefficient (Wildman–Crippen LogP) is 0.758. The molecular formula is C10H20N2O. The van der Waals surface area contributed by atoms with Crippen LogP contribution < -0.4 is 10.6 Å². The van der Waals surface area contributed by atoms with Gasteiger partial charge in [-0.2, -0.15) is 0 Å². The Kier molecular flexibility index (Phi) is 3.31. The highest BCUT2D eigenvalue weighted by Gasteiger charge is 2.38. The summed E-state index contributed by atoms with van der Waals surface area (Å²) in [6, 6.07) is 0. The lowest BCUT2D eigenvalue weighted by molar-refractivity contribution is -0.132. The number of hydrogen-bond acceptors (Lipinski definition) is 2. The molecule has 0 unspecified atom stereocenters. The van der Waals surface area contributed by atoms with Crippen molar-refractivity contribution in [2.75, 3.05) is 19.6 Å². The van der Waals surface area contributed by atoms with E-state index in [4.69, 9.17) is 0 Å². The Bertz CT molecular complexity index is 185. The molecule has 0 radical (unpaired) electrons. The quantitative estimate of drug-likeness (QED) is 0.677. The van der Waals surface area contributed by atoms with Gasteiger partial charge < -0.3 is 10.6 Å². The van der Waals surface area contributed by atoms with E-state index in [-0.39, 0.29) is 11.3 Å². The van der Waals surface area contributed by atoms with Crippen LogP contribution in [0.25, 0.3) is 0 Å². The van der Waals surface area contributed by atoms with Crippen LogP contribution in [0.5, 0.6) is 0 Å². The predicted molar refractivity (Wildman–Crippen MR) is 53.4 cm³/mol. The van der Waals surface area contributed by atoms with Crippen molar-refractivity contribution in [3.8, 4) is 0 Å². The summed E-state index contributed by atoms with van der Waals surface area (Å²) in [5.74, 6) is 0.861. The van der Waals surface area contributed by atoms with E-state index in [1.165, 1.54) is 0 Å². The highest BCUT2D eigenvalue weighted by atomic mass is 16.2. The van der Waals surface area contributed by atoms with Gasteiger partial charge in [-0.05, 0) is 19.3 Å². The molecule has 1 fully saturated rings. The largest absolute Gasteiger partial charge is 0.356 e. The molecule has 0 spiro atoms. The van der Waals surface area contributed by atoms with Gasteiger partial charge in [-0.15, -0.1) is 0 Å². The molecule has 1 aliphatic rings. The van der Waals surface area contributed by atoms with Gasteiger partial charge in [0.15, 0.2) is 0 Å². The van der Waals surface area contributed by atoms with Gasteiger partial charge >= 0.3 is 0 Å². The normalized spacial score (nSPS) is 19.7. The van der Waals surface area contributed by atoms with E-state index in [2.05, 4.69) is 24.5 Å². The van der Waals surface area contributed by atoms with Crippen LogP contribution in [-0.2, 0) is 4.79 Å². The Labute approximate surface area is 80.3 Å². The Morgan fingerprint density at radius 2 is 2.15 bits per heavy atom. The molecule has 0 aromatic carbocycles. The minimum atomic E-state index is -0.142. The summed E-state index contributed by atoms with van der Waals surface area (Å²) < 4.78 is 0. The van der Waals surface area contributed by atoms with Gasteiger partial charge in [0.25, 0.3) is 0 Å². The Hall–Kier alpha value is -0.570. The second-order valence-corrected chi connectivity index (χ2v) is 4.60. The molecule has 1 amide bonds. The van der Waals surface area contributed by atoms with E-state index in [9.17, 15) is 4.79 Å². The van der Waals surface area contributed by atoms with E-state index in [0.29, 0.717) is 5.92 Å². The summed E-state index contributed by atoms with van der Waals surface area (Å²) >= 11 is 0. The third-order valence-electron chi connectivity index (χ3n) is 2.59. The molecule has 0 aromatic heterocycles. The Morgan fingerprint density at radius 1 is 1.54 bits per heavy atom. The van der Waals surface area contributed by atoms with E-state index >= 15 is 0 Å². The van der Waals surface area contributed by atoms with Gasteiger partial charge in [-0.1, -0.05) is 13.8 Å². The van der Waals surface area contributed by atoms with Crippen molar-refractivity contribution in [3.05, 3.63) is 0 Å². The van der Waals surface area contributed by atoms with Crippen molar-refractivity contribution < 1.29 is 4.79 Å².